The summed E-state index contributed by atoms with van der Waals surface area (Å²) in [5, 5.41) is 7.55. The first-order chi connectivity index (χ1) is 12.6. The van der Waals surface area contributed by atoms with E-state index in [1.54, 1.807) is 20.2 Å². The fourth-order valence-electron chi connectivity index (χ4n) is 3.58. The number of aliphatic imine (C=N–C) groups is 1. The molecule has 1 fully saturated rings. The number of benzene rings is 1. The summed E-state index contributed by atoms with van der Waals surface area (Å²) in [6, 6.07) is 4.60. The van der Waals surface area contributed by atoms with Gasteiger partial charge in [0.2, 0.25) is 0 Å². The third-order valence-corrected chi connectivity index (χ3v) is 5.52. The van der Waals surface area contributed by atoms with E-state index in [0.717, 1.165) is 42.2 Å². The predicted molar refractivity (Wildman–Crippen MR) is 117 cm³/mol. The molecule has 150 valence electrons. The van der Waals surface area contributed by atoms with Crippen LogP contribution in [0.25, 0.3) is 11.0 Å². The SMILES string of the molecule is CN=C(NCc1oc2ccc(F)cc2c1C)NCC1(CCOC)CCC1.I. The minimum atomic E-state index is -0.250. The van der Waals surface area contributed by atoms with Gasteiger partial charge in [-0.15, -0.1) is 24.0 Å². The molecule has 0 unspecified atom stereocenters. The highest BCUT2D eigenvalue weighted by atomic mass is 127. The molecule has 0 aliphatic heterocycles. The maximum Gasteiger partial charge on any atom is 0.191 e. The molecule has 2 aromatic rings. The number of aryl methyl sites for hydroxylation is 1. The Morgan fingerprint density at radius 1 is 1.33 bits per heavy atom. The fourth-order valence-corrected chi connectivity index (χ4v) is 3.58. The van der Waals surface area contributed by atoms with Gasteiger partial charge in [0, 0.05) is 38.3 Å². The highest BCUT2D eigenvalue weighted by Crippen LogP contribution is 2.43. The molecule has 0 atom stereocenters. The van der Waals surface area contributed by atoms with Gasteiger partial charge in [0.15, 0.2) is 5.96 Å². The fraction of sp³-hybridized carbons (Fsp3) is 0.550. The number of guanidine groups is 1. The molecule has 1 aromatic heterocycles. The number of nitrogens with one attached hydrogen (secondary N) is 2. The van der Waals surface area contributed by atoms with Gasteiger partial charge in [-0.25, -0.2) is 4.39 Å². The van der Waals surface area contributed by atoms with Gasteiger partial charge in [-0.1, -0.05) is 6.42 Å². The molecule has 27 heavy (non-hydrogen) atoms. The van der Waals surface area contributed by atoms with Crippen LogP contribution < -0.4 is 10.6 Å². The average molecular weight is 489 g/mol. The Bertz CT molecular complexity index is 787. The Kier molecular flexibility index (Phi) is 7.91. The number of hydrogen-bond acceptors (Lipinski definition) is 3. The van der Waals surface area contributed by atoms with Crippen molar-refractivity contribution in [1.82, 2.24) is 10.6 Å². The molecular formula is C20H29FIN3O2. The van der Waals surface area contributed by atoms with Crippen molar-refractivity contribution < 1.29 is 13.5 Å². The van der Waals surface area contributed by atoms with E-state index in [2.05, 4.69) is 15.6 Å². The summed E-state index contributed by atoms with van der Waals surface area (Å²) in [6.45, 7) is 4.14. The van der Waals surface area contributed by atoms with Crippen LogP contribution in [-0.4, -0.2) is 33.3 Å². The van der Waals surface area contributed by atoms with Crippen LogP contribution in [-0.2, 0) is 11.3 Å². The summed E-state index contributed by atoms with van der Waals surface area (Å²) in [5.41, 5.74) is 1.98. The van der Waals surface area contributed by atoms with Crippen LogP contribution >= 0.6 is 24.0 Å². The van der Waals surface area contributed by atoms with Gasteiger partial charge < -0.3 is 19.8 Å². The molecule has 2 N–H and O–H groups in total. The van der Waals surface area contributed by atoms with Crippen LogP contribution in [0.15, 0.2) is 27.6 Å². The lowest BCUT2D eigenvalue weighted by Crippen LogP contribution is -2.46. The molecule has 3 rings (SSSR count). The first-order valence-corrected chi connectivity index (χ1v) is 9.18. The van der Waals surface area contributed by atoms with Crippen molar-refractivity contribution in [3.05, 3.63) is 35.3 Å². The second kappa shape index (κ2) is 9.73. The van der Waals surface area contributed by atoms with Gasteiger partial charge in [-0.05, 0) is 49.8 Å². The van der Waals surface area contributed by atoms with Crippen molar-refractivity contribution in [2.24, 2.45) is 10.4 Å². The lowest BCUT2D eigenvalue weighted by atomic mass is 9.67. The Hall–Kier alpha value is -1.35. The monoisotopic (exact) mass is 489 g/mol. The number of nitrogens with zero attached hydrogens (tertiary/aromatic N) is 1. The number of hydrogen-bond donors (Lipinski definition) is 2. The largest absolute Gasteiger partial charge is 0.459 e. The molecule has 1 aromatic carbocycles. The number of methoxy groups -OCH3 is 1. The summed E-state index contributed by atoms with van der Waals surface area (Å²) < 4.78 is 24.5. The number of rotatable bonds is 7. The lowest BCUT2D eigenvalue weighted by Gasteiger charge is -2.42. The Balaban J connectivity index is 0.00000261. The van der Waals surface area contributed by atoms with Crippen molar-refractivity contribution in [3.63, 3.8) is 0 Å². The zero-order chi connectivity index (χ0) is 18.6. The van der Waals surface area contributed by atoms with E-state index >= 15 is 0 Å². The molecule has 5 nitrogen and oxygen atoms in total. The van der Waals surface area contributed by atoms with E-state index < -0.39 is 0 Å². The van der Waals surface area contributed by atoms with E-state index in [1.165, 1.54) is 31.4 Å². The third kappa shape index (κ3) is 5.13. The van der Waals surface area contributed by atoms with Gasteiger partial charge in [-0.2, -0.15) is 0 Å². The Labute approximate surface area is 177 Å². The van der Waals surface area contributed by atoms with E-state index in [9.17, 15) is 4.39 Å². The number of halogens is 2. The summed E-state index contributed by atoms with van der Waals surface area (Å²) >= 11 is 0. The van der Waals surface area contributed by atoms with Crippen LogP contribution in [0.1, 0.15) is 37.0 Å². The second-order valence-electron chi connectivity index (χ2n) is 7.17. The van der Waals surface area contributed by atoms with E-state index in [4.69, 9.17) is 9.15 Å². The Morgan fingerprint density at radius 2 is 2.11 bits per heavy atom. The predicted octanol–water partition coefficient (Wildman–Crippen LogP) is 4.37. The van der Waals surface area contributed by atoms with Crippen LogP contribution in [0, 0.1) is 18.2 Å². The average Bonchev–Trinajstić information content (AvgIpc) is 2.92. The molecule has 0 amide bonds. The standard InChI is InChI=1S/C20H28FN3O2.HI/c1-14-16-11-15(21)5-6-17(16)26-18(14)12-23-19(22-2)24-13-20(7-4-8-20)9-10-25-3;/h5-6,11H,4,7-10,12-13H2,1-3H3,(H2,22,23,24);1H. The maximum absolute atomic E-state index is 13.4. The van der Waals surface area contributed by atoms with Gasteiger partial charge in [0.25, 0.3) is 0 Å². The zero-order valence-corrected chi connectivity index (χ0v) is 18.6. The molecule has 0 saturated heterocycles. The van der Waals surface area contributed by atoms with Gasteiger partial charge in [0.05, 0.1) is 6.54 Å². The van der Waals surface area contributed by atoms with Crippen molar-refractivity contribution >= 4 is 40.9 Å². The molecule has 7 heteroatoms. The maximum atomic E-state index is 13.4. The first kappa shape index (κ1) is 21.9. The summed E-state index contributed by atoms with van der Waals surface area (Å²) in [4.78, 5) is 4.30. The van der Waals surface area contributed by atoms with Gasteiger partial charge in [-0.3, -0.25) is 4.99 Å². The van der Waals surface area contributed by atoms with Gasteiger partial charge >= 0.3 is 0 Å². The van der Waals surface area contributed by atoms with Crippen LogP contribution in [0.5, 0.6) is 0 Å². The van der Waals surface area contributed by atoms with Crippen LogP contribution in [0.4, 0.5) is 4.39 Å². The number of ether oxygens (including phenoxy) is 1. The topological polar surface area (TPSA) is 58.8 Å². The highest BCUT2D eigenvalue weighted by molar-refractivity contribution is 14.0. The van der Waals surface area contributed by atoms with Gasteiger partial charge in [0.1, 0.15) is 17.2 Å². The van der Waals surface area contributed by atoms with Crippen molar-refractivity contribution in [2.45, 2.75) is 39.2 Å². The van der Waals surface area contributed by atoms with Crippen LogP contribution in [0.2, 0.25) is 0 Å². The van der Waals surface area contributed by atoms with E-state index in [1.807, 2.05) is 6.92 Å². The Morgan fingerprint density at radius 3 is 2.74 bits per heavy atom. The minimum absolute atomic E-state index is 0. The quantitative estimate of drug-likeness (QED) is 0.345. The van der Waals surface area contributed by atoms with Crippen LogP contribution in [0.3, 0.4) is 0 Å². The molecule has 1 aliphatic rings. The molecule has 0 bridgehead atoms. The molecule has 0 spiro atoms. The summed E-state index contributed by atoms with van der Waals surface area (Å²) in [7, 11) is 3.51. The van der Waals surface area contributed by atoms with Crippen molar-refractivity contribution in [3.8, 4) is 0 Å². The number of furan rings is 1. The molecule has 1 aliphatic carbocycles. The smallest absolute Gasteiger partial charge is 0.191 e. The molecule has 0 radical (unpaired) electrons. The number of fused-ring (bicyclic) bond motifs is 1. The normalized spacial score (nSPS) is 15.9. The minimum Gasteiger partial charge on any atom is -0.459 e. The van der Waals surface area contributed by atoms with E-state index in [-0.39, 0.29) is 29.8 Å². The second-order valence-corrected chi connectivity index (χ2v) is 7.17. The summed E-state index contributed by atoms with van der Waals surface area (Å²) in [6.07, 6.45) is 4.82. The van der Waals surface area contributed by atoms with Crippen molar-refractivity contribution in [2.75, 3.05) is 27.3 Å². The third-order valence-electron chi connectivity index (χ3n) is 5.52. The zero-order valence-electron chi connectivity index (χ0n) is 16.2. The highest BCUT2D eigenvalue weighted by Gasteiger charge is 2.36. The molecule has 1 heterocycles. The van der Waals surface area contributed by atoms with E-state index in [0.29, 0.717) is 17.5 Å². The van der Waals surface area contributed by atoms with Crippen molar-refractivity contribution in [1.29, 1.82) is 0 Å². The first-order valence-electron chi connectivity index (χ1n) is 9.18. The summed E-state index contributed by atoms with van der Waals surface area (Å²) in [5.74, 6) is 1.30. The molecular weight excluding hydrogens is 460 g/mol. The molecule has 1 saturated carbocycles. The lowest BCUT2D eigenvalue weighted by molar-refractivity contribution is 0.0732.